The summed E-state index contributed by atoms with van der Waals surface area (Å²) in [5.41, 5.74) is 0. The van der Waals surface area contributed by atoms with Crippen molar-refractivity contribution >= 4 is 5.97 Å². The molecule has 0 fully saturated rings. The first-order chi connectivity index (χ1) is 3.13. The van der Waals surface area contributed by atoms with Crippen molar-refractivity contribution in [1.82, 2.24) is 0 Å². The predicted octanol–water partition coefficient (Wildman–Crippen LogP) is -3.04. The molecule has 0 aromatic rings. The molecule has 8 heavy (non-hydrogen) atoms. The van der Waals surface area contributed by atoms with Crippen LogP contribution in [0.25, 0.3) is 0 Å². The molecule has 0 spiro atoms. The van der Waals surface area contributed by atoms with E-state index in [4.69, 9.17) is 10.2 Å². The van der Waals surface area contributed by atoms with Gasteiger partial charge in [0, 0.05) is 0 Å². The Labute approximate surface area is 92.0 Å². The van der Waals surface area contributed by atoms with Gasteiger partial charge in [-0.1, -0.05) is 0 Å². The Bertz CT molecular complexity index is 76.2. The minimum absolute atomic E-state index is 0. The molecule has 0 radical (unpaired) electrons. The zero-order chi connectivity index (χ0) is 5.86. The fourth-order valence-electron chi connectivity index (χ4n) is 0.253. The van der Waals surface area contributed by atoms with Gasteiger partial charge in [0.15, 0.2) is 0 Å². The number of hydrogen-bond acceptors (Lipinski definition) is 2. The van der Waals surface area contributed by atoms with E-state index in [-0.39, 0.29) is 59.2 Å². The second-order valence-corrected chi connectivity index (χ2v) is 1.45. The van der Waals surface area contributed by atoms with E-state index in [1.165, 1.54) is 6.92 Å². The number of aliphatic hydroxyl groups excluding tert-OH is 1. The van der Waals surface area contributed by atoms with Crippen molar-refractivity contribution in [3.05, 3.63) is 0 Å². The van der Waals surface area contributed by atoms with Gasteiger partial charge in [-0.3, -0.25) is 4.79 Å². The zero-order valence-electron chi connectivity index (χ0n) is 6.09. The summed E-state index contributed by atoms with van der Waals surface area (Å²) in [5, 5.41) is 16.3. The van der Waals surface area contributed by atoms with E-state index >= 15 is 0 Å². The van der Waals surface area contributed by atoms with Crippen LogP contribution < -0.4 is 51.4 Å². The van der Waals surface area contributed by atoms with Gasteiger partial charge in [-0.2, -0.15) is 0 Å². The molecule has 0 amide bonds. The molecule has 0 aromatic carbocycles. The van der Waals surface area contributed by atoms with E-state index in [9.17, 15) is 4.79 Å². The van der Waals surface area contributed by atoms with Crippen LogP contribution in [0.2, 0.25) is 0 Å². The topological polar surface area (TPSA) is 57.5 Å². The normalized spacial score (nSPS) is 11.8. The molecule has 0 aliphatic rings. The molecule has 0 saturated carbocycles. The van der Waals surface area contributed by atoms with E-state index in [2.05, 4.69) is 0 Å². The average molecular weight is 144 g/mol. The van der Waals surface area contributed by atoms with Crippen molar-refractivity contribution in [3.63, 3.8) is 0 Å². The maximum atomic E-state index is 9.65. The minimum atomic E-state index is -0.963. The molecular formula is C4H9KO3. The molecule has 1 atom stereocenters. The summed E-state index contributed by atoms with van der Waals surface area (Å²) in [6.45, 7) is 1.44. The molecule has 0 bridgehead atoms. The van der Waals surface area contributed by atoms with Crippen LogP contribution in [0.5, 0.6) is 0 Å². The third kappa shape index (κ3) is 10.1. The molecule has 2 N–H and O–H groups in total. The van der Waals surface area contributed by atoms with E-state index in [0.29, 0.717) is 0 Å². The summed E-state index contributed by atoms with van der Waals surface area (Å²) < 4.78 is 0. The molecule has 0 aliphatic heterocycles. The molecule has 0 rings (SSSR count). The van der Waals surface area contributed by atoms with E-state index in [1.54, 1.807) is 0 Å². The first-order valence-corrected chi connectivity index (χ1v) is 2.03. The average Bonchev–Trinajstić information content (AvgIpc) is 1.27. The Morgan fingerprint density at radius 3 is 2.25 bits per heavy atom. The number of rotatable bonds is 2. The van der Waals surface area contributed by atoms with Gasteiger partial charge in [-0.05, 0) is 6.92 Å². The Balaban J connectivity index is -0.000000180. The number of hydrogen-bond donors (Lipinski definition) is 2. The van der Waals surface area contributed by atoms with Gasteiger partial charge in [-0.15, -0.1) is 0 Å². The van der Waals surface area contributed by atoms with Gasteiger partial charge in [0.25, 0.3) is 0 Å². The number of carbonyl (C=O) groups is 1. The summed E-state index contributed by atoms with van der Waals surface area (Å²) in [4.78, 5) is 9.65. The zero-order valence-corrected chi connectivity index (χ0v) is 8.21. The van der Waals surface area contributed by atoms with Crippen LogP contribution in [0.1, 0.15) is 14.8 Å². The smallest absolute Gasteiger partial charge is 1.00 e. The summed E-state index contributed by atoms with van der Waals surface area (Å²) in [7, 11) is 0. The number of carboxylic acid groups (broad SMARTS) is 1. The summed E-state index contributed by atoms with van der Waals surface area (Å²) in [6, 6.07) is 0. The standard InChI is InChI=1S/C4H8O3.K.H/c1-3(5)2-4(6)7;;/h3,5H,2H2,1H3,(H,6,7);;/q;+1;-1. The third-order valence-corrected chi connectivity index (χ3v) is 0.470. The molecule has 0 saturated heterocycles. The second kappa shape index (κ2) is 6.19. The Hall–Kier alpha value is 1.07. The van der Waals surface area contributed by atoms with Gasteiger partial charge in [-0.25, -0.2) is 0 Å². The van der Waals surface area contributed by atoms with Crippen LogP contribution >= 0.6 is 0 Å². The van der Waals surface area contributed by atoms with Crippen molar-refractivity contribution in [2.45, 2.75) is 19.4 Å². The summed E-state index contributed by atoms with van der Waals surface area (Å²) in [5.74, 6) is -0.963. The first kappa shape index (κ1) is 11.8. The maximum absolute atomic E-state index is 9.65. The second-order valence-electron chi connectivity index (χ2n) is 1.45. The summed E-state index contributed by atoms with van der Waals surface area (Å²) in [6.07, 6.45) is -0.891. The van der Waals surface area contributed by atoms with E-state index in [0.717, 1.165) is 0 Å². The van der Waals surface area contributed by atoms with E-state index < -0.39 is 12.1 Å². The molecule has 1 unspecified atom stereocenters. The predicted molar refractivity (Wildman–Crippen MR) is 25.0 cm³/mol. The summed E-state index contributed by atoms with van der Waals surface area (Å²) >= 11 is 0. The van der Waals surface area contributed by atoms with Gasteiger partial charge in [0.1, 0.15) is 0 Å². The molecule has 3 nitrogen and oxygen atoms in total. The fourth-order valence-corrected chi connectivity index (χ4v) is 0.253. The van der Waals surface area contributed by atoms with Crippen LogP contribution in [-0.2, 0) is 4.79 Å². The molecule has 0 aromatic heterocycles. The Morgan fingerprint density at radius 2 is 2.25 bits per heavy atom. The molecular weight excluding hydrogens is 135 g/mol. The van der Waals surface area contributed by atoms with Crippen molar-refractivity contribution in [2.75, 3.05) is 0 Å². The van der Waals surface area contributed by atoms with Gasteiger partial charge in [0.05, 0.1) is 12.5 Å². The quantitative estimate of drug-likeness (QED) is 0.405. The van der Waals surface area contributed by atoms with Crippen LogP contribution in [-0.4, -0.2) is 22.3 Å². The van der Waals surface area contributed by atoms with Crippen LogP contribution in [0.15, 0.2) is 0 Å². The van der Waals surface area contributed by atoms with Crippen molar-refractivity contribution in [2.24, 2.45) is 0 Å². The van der Waals surface area contributed by atoms with Crippen LogP contribution in [0, 0.1) is 0 Å². The first-order valence-electron chi connectivity index (χ1n) is 2.03. The number of carboxylic acids is 1. The number of aliphatic carboxylic acids is 1. The molecule has 44 valence electrons. The maximum Gasteiger partial charge on any atom is 1.00 e. The molecule has 4 heteroatoms. The monoisotopic (exact) mass is 144 g/mol. The molecule has 0 heterocycles. The van der Waals surface area contributed by atoms with Crippen LogP contribution in [0.4, 0.5) is 0 Å². The van der Waals surface area contributed by atoms with Crippen molar-refractivity contribution < 1.29 is 67.8 Å². The Kier molecular flexibility index (Phi) is 9.14. The molecule has 0 aliphatic carbocycles. The SMILES string of the molecule is CC(O)CC(=O)O.[H-].[K+]. The van der Waals surface area contributed by atoms with Crippen LogP contribution in [0.3, 0.4) is 0 Å². The van der Waals surface area contributed by atoms with Gasteiger partial charge >= 0.3 is 57.4 Å². The van der Waals surface area contributed by atoms with Crippen molar-refractivity contribution in [3.8, 4) is 0 Å². The fraction of sp³-hybridized carbons (Fsp3) is 0.750. The van der Waals surface area contributed by atoms with Gasteiger partial charge < -0.3 is 11.6 Å². The van der Waals surface area contributed by atoms with E-state index in [1.807, 2.05) is 0 Å². The van der Waals surface area contributed by atoms with Gasteiger partial charge in [0.2, 0.25) is 0 Å². The largest absolute Gasteiger partial charge is 1.00 e. The number of aliphatic hydroxyl groups is 1. The Morgan fingerprint density at radius 1 is 1.88 bits per heavy atom. The minimum Gasteiger partial charge on any atom is -1.00 e. The van der Waals surface area contributed by atoms with Crippen molar-refractivity contribution in [1.29, 1.82) is 0 Å². The third-order valence-electron chi connectivity index (χ3n) is 0.470.